The molecule has 2 N–H and O–H groups in total. The van der Waals surface area contributed by atoms with Crippen LogP contribution in [-0.2, 0) is 16.9 Å². The topological polar surface area (TPSA) is 55.6 Å². The highest BCUT2D eigenvalue weighted by Crippen LogP contribution is 2.24. The quantitative estimate of drug-likeness (QED) is 0.897. The molecule has 0 aliphatic rings. The Balaban J connectivity index is 2.06. The van der Waals surface area contributed by atoms with Crippen LogP contribution in [0.3, 0.4) is 0 Å². The van der Waals surface area contributed by atoms with Crippen molar-refractivity contribution in [2.45, 2.75) is 25.4 Å². The summed E-state index contributed by atoms with van der Waals surface area (Å²) in [4.78, 5) is 14.1. The van der Waals surface area contributed by atoms with Gasteiger partial charge in [0.1, 0.15) is 11.3 Å². The van der Waals surface area contributed by atoms with Crippen molar-refractivity contribution in [1.82, 2.24) is 4.90 Å². The Labute approximate surface area is 144 Å². The van der Waals surface area contributed by atoms with Crippen LogP contribution in [0.25, 0.3) is 0 Å². The molecule has 1 amide bonds. The molecule has 25 heavy (non-hydrogen) atoms. The zero-order valence-electron chi connectivity index (χ0n) is 13.9. The fourth-order valence-corrected chi connectivity index (χ4v) is 2.45. The molecule has 4 nitrogen and oxygen atoms in total. The van der Waals surface area contributed by atoms with Gasteiger partial charge in [0, 0.05) is 13.6 Å². The van der Waals surface area contributed by atoms with Crippen molar-refractivity contribution >= 4 is 5.91 Å². The molecular weight excluding hydrogens is 333 g/mol. The van der Waals surface area contributed by atoms with E-state index in [1.54, 1.807) is 38.2 Å². The van der Waals surface area contributed by atoms with Crippen molar-refractivity contribution < 1.29 is 22.7 Å². The van der Waals surface area contributed by atoms with Gasteiger partial charge in [-0.3, -0.25) is 4.79 Å². The average Bonchev–Trinajstić information content (AvgIpc) is 2.55. The number of ether oxygens (including phenoxy) is 1. The number of nitrogens with zero attached hydrogens (tertiary/aromatic N) is 1. The van der Waals surface area contributed by atoms with Crippen molar-refractivity contribution in [1.29, 1.82) is 0 Å². The molecule has 134 valence electrons. The normalized spacial score (nSPS) is 13.8. The van der Waals surface area contributed by atoms with Crippen LogP contribution in [0.4, 0.5) is 13.2 Å². The first-order valence-corrected chi connectivity index (χ1v) is 7.54. The Kier molecular flexibility index (Phi) is 5.37. The van der Waals surface area contributed by atoms with Gasteiger partial charge in [-0.25, -0.2) is 0 Å². The fourth-order valence-electron chi connectivity index (χ4n) is 2.45. The molecule has 2 aromatic carbocycles. The third-order valence-electron chi connectivity index (χ3n) is 3.74. The molecule has 7 heteroatoms. The number of hydrogen-bond acceptors (Lipinski definition) is 3. The summed E-state index contributed by atoms with van der Waals surface area (Å²) in [5.74, 6) is -0.604. The maximum Gasteiger partial charge on any atom is 0.573 e. The SMILES string of the molecule is CN(Cc1ccc(OC(F)(F)F)cc1)C(=O)C(C)(N)c1ccccc1. The van der Waals surface area contributed by atoms with Crippen LogP contribution >= 0.6 is 0 Å². The smallest absolute Gasteiger partial charge is 0.406 e. The van der Waals surface area contributed by atoms with E-state index in [-0.39, 0.29) is 18.2 Å². The van der Waals surface area contributed by atoms with Gasteiger partial charge in [-0.05, 0) is 30.2 Å². The van der Waals surface area contributed by atoms with Crippen molar-refractivity contribution in [2.24, 2.45) is 5.73 Å². The molecule has 0 heterocycles. The van der Waals surface area contributed by atoms with Gasteiger partial charge in [-0.2, -0.15) is 0 Å². The lowest BCUT2D eigenvalue weighted by Gasteiger charge is -2.29. The molecule has 2 aromatic rings. The molecule has 0 saturated heterocycles. The summed E-state index contributed by atoms with van der Waals surface area (Å²) in [6, 6.07) is 14.3. The van der Waals surface area contributed by atoms with Crippen LogP contribution in [-0.4, -0.2) is 24.2 Å². The Morgan fingerprint density at radius 3 is 2.16 bits per heavy atom. The van der Waals surface area contributed by atoms with Crippen molar-refractivity contribution in [3.05, 3.63) is 65.7 Å². The number of halogens is 3. The second-order valence-corrected chi connectivity index (χ2v) is 5.92. The number of alkyl halides is 3. The monoisotopic (exact) mass is 352 g/mol. The van der Waals surface area contributed by atoms with Crippen LogP contribution in [0.5, 0.6) is 5.75 Å². The molecule has 0 spiro atoms. The van der Waals surface area contributed by atoms with Crippen LogP contribution in [0, 0.1) is 0 Å². The lowest BCUT2D eigenvalue weighted by molar-refractivity contribution is -0.274. The zero-order chi connectivity index (χ0) is 18.7. The van der Waals surface area contributed by atoms with Crippen molar-refractivity contribution in [2.75, 3.05) is 7.05 Å². The summed E-state index contributed by atoms with van der Waals surface area (Å²) in [6.45, 7) is 1.84. The molecule has 2 rings (SSSR count). The summed E-state index contributed by atoms with van der Waals surface area (Å²) >= 11 is 0. The maximum absolute atomic E-state index is 12.7. The molecule has 1 atom stereocenters. The highest BCUT2D eigenvalue weighted by Gasteiger charge is 2.33. The molecule has 0 fully saturated rings. The lowest BCUT2D eigenvalue weighted by atomic mass is 9.91. The van der Waals surface area contributed by atoms with E-state index >= 15 is 0 Å². The first-order valence-electron chi connectivity index (χ1n) is 7.54. The summed E-state index contributed by atoms with van der Waals surface area (Å²) in [5, 5.41) is 0. The van der Waals surface area contributed by atoms with Crippen LogP contribution in [0.1, 0.15) is 18.1 Å². The van der Waals surface area contributed by atoms with Gasteiger partial charge in [0.25, 0.3) is 0 Å². The Morgan fingerprint density at radius 2 is 1.64 bits per heavy atom. The molecule has 0 saturated carbocycles. The minimum absolute atomic E-state index is 0.213. The van der Waals surface area contributed by atoms with E-state index in [1.165, 1.54) is 29.2 Å². The number of carbonyl (C=O) groups is 1. The summed E-state index contributed by atoms with van der Waals surface area (Å²) < 4.78 is 40.3. The molecular formula is C18H19F3N2O2. The average molecular weight is 352 g/mol. The van der Waals surface area contributed by atoms with Crippen molar-refractivity contribution in [3.63, 3.8) is 0 Å². The van der Waals surface area contributed by atoms with Gasteiger partial charge in [0.2, 0.25) is 5.91 Å². The molecule has 0 aliphatic heterocycles. The first kappa shape index (κ1) is 18.8. The largest absolute Gasteiger partial charge is 0.573 e. The number of rotatable bonds is 5. The number of hydrogen-bond donors (Lipinski definition) is 1. The maximum atomic E-state index is 12.7. The summed E-state index contributed by atoms with van der Waals surface area (Å²) in [7, 11) is 1.59. The number of likely N-dealkylation sites (N-methyl/N-ethyl adjacent to an activating group) is 1. The third-order valence-corrected chi connectivity index (χ3v) is 3.74. The van der Waals surface area contributed by atoms with E-state index in [2.05, 4.69) is 4.74 Å². The third kappa shape index (κ3) is 4.96. The predicted molar refractivity (Wildman–Crippen MR) is 87.6 cm³/mol. The Hall–Kier alpha value is -2.54. The highest BCUT2D eigenvalue weighted by atomic mass is 19.4. The van der Waals surface area contributed by atoms with Crippen LogP contribution in [0.2, 0.25) is 0 Å². The standard InChI is InChI=1S/C18H19F3N2O2/c1-17(22,14-6-4-3-5-7-14)16(24)23(2)12-13-8-10-15(11-9-13)25-18(19,20)21/h3-11H,12,22H2,1-2H3. The van der Waals surface area contributed by atoms with E-state index in [0.29, 0.717) is 11.1 Å². The van der Waals surface area contributed by atoms with Gasteiger partial charge >= 0.3 is 6.36 Å². The number of amides is 1. The number of benzene rings is 2. The molecule has 1 unspecified atom stereocenters. The summed E-state index contributed by atoms with van der Waals surface area (Å²) in [5.41, 5.74) is 6.34. The minimum Gasteiger partial charge on any atom is -0.406 e. The second-order valence-electron chi connectivity index (χ2n) is 5.92. The fraction of sp³-hybridized carbons (Fsp3) is 0.278. The Bertz CT molecular complexity index is 713. The summed E-state index contributed by atoms with van der Waals surface area (Å²) in [6.07, 6.45) is -4.73. The predicted octanol–water partition coefficient (Wildman–Crippen LogP) is 3.42. The molecule has 0 radical (unpaired) electrons. The van der Waals surface area contributed by atoms with E-state index in [1.807, 2.05) is 6.07 Å². The van der Waals surface area contributed by atoms with Gasteiger partial charge in [-0.15, -0.1) is 13.2 Å². The van der Waals surface area contributed by atoms with E-state index < -0.39 is 11.9 Å². The molecule has 0 aromatic heterocycles. The van der Waals surface area contributed by atoms with Crippen molar-refractivity contribution in [3.8, 4) is 5.75 Å². The van der Waals surface area contributed by atoms with Gasteiger partial charge in [0.05, 0.1) is 0 Å². The van der Waals surface area contributed by atoms with Crippen LogP contribution < -0.4 is 10.5 Å². The van der Waals surface area contributed by atoms with E-state index in [0.717, 1.165) is 0 Å². The highest BCUT2D eigenvalue weighted by molar-refractivity contribution is 5.86. The van der Waals surface area contributed by atoms with Gasteiger partial charge in [0.15, 0.2) is 0 Å². The number of carbonyl (C=O) groups excluding carboxylic acids is 1. The van der Waals surface area contributed by atoms with E-state index in [9.17, 15) is 18.0 Å². The lowest BCUT2D eigenvalue weighted by Crippen LogP contribution is -2.49. The second kappa shape index (κ2) is 7.14. The zero-order valence-corrected chi connectivity index (χ0v) is 13.9. The van der Waals surface area contributed by atoms with E-state index in [4.69, 9.17) is 5.73 Å². The van der Waals surface area contributed by atoms with Crippen LogP contribution in [0.15, 0.2) is 54.6 Å². The first-order chi connectivity index (χ1) is 11.6. The minimum atomic E-state index is -4.73. The van der Waals surface area contributed by atoms with Gasteiger partial charge in [-0.1, -0.05) is 42.5 Å². The Morgan fingerprint density at radius 1 is 1.08 bits per heavy atom. The van der Waals surface area contributed by atoms with Gasteiger partial charge < -0.3 is 15.4 Å². The number of nitrogens with two attached hydrogens (primary N) is 1. The molecule has 0 bridgehead atoms. The molecule has 0 aliphatic carbocycles.